The number of amides is 1. The van der Waals surface area contributed by atoms with E-state index in [1.165, 1.54) is 20.3 Å². The minimum atomic E-state index is -0.606. The largest absolute Gasteiger partial charge is 0.496 e. The van der Waals surface area contributed by atoms with Gasteiger partial charge in [-0.25, -0.2) is 9.78 Å². The number of nitrogens with one attached hydrogen (secondary N) is 1. The number of nitrogen functional groups attached to an aromatic ring is 1. The van der Waals surface area contributed by atoms with Gasteiger partial charge in [0, 0.05) is 12.1 Å². The Kier molecular flexibility index (Phi) is 3.11. The summed E-state index contributed by atoms with van der Waals surface area (Å²) in [6.45, 7) is 0. The molecule has 1 amide bonds. The Morgan fingerprint density at radius 2 is 2.21 bits per heavy atom. The highest BCUT2D eigenvalue weighted by atomic mass is 16.5. The molecule has 0 aliphatic rings. The first-order chi connectivity index (χ1) is 6.65. The van der Waals surface area contributed by atoms with E-state index in [4.69, 9.17) is 10.5 Å². The molecule has 0 saturated carbocycles. The van der Waals surface area contributed by atoms with Crippen molar-refractivity contribution in [2.75, 3.05) is 25.3 Å². The molecular weight excluding hydrogens is 186 g/mol. The Morgan fingerprint density at radius 3 is 2.79 bits per heavy atom. The topological polar surface area (TPSA) is 86.5 Å². The Balaban J connectivity index is 2.86. The SMILES string of the molecule is COC(=O)Nc1cc(OC)cc(N)n1. The minimum Gasteiger partial charge on any atom is -0.496 e. The lowest BCUT2D eigenvalue weighted by atomic mass is 10.4. The summed E-state index contributed by atoms with van der Waals surface area (Å²) in [6, 6.07) is 3.08. The summed E-state index contributed by atoms with van der Waals surface area (Å²) in [4.78, 5) is 14.7. The molecular formula is C8H11N3O3. The van der Waals surface area contributed by atoms with E-state index in [1.807, 2.05) is 0 Å². The van der Waals surface area contributed by atoms with Crippen molar-refractivity contribution in [2.45, 2.75) is 0 Å². The fraction of sp³-hybridized carbons (Fsp3) is 0.250. The molecule has 0 unspecified atom stereocenters. The molecule has 6 nitrogen and oxygen atoms in total. The van der Waals surface area contributed by atoms with Crippen molar-refractivity contribution in [1.82, 2.24) is 4.98 Å². The molecule has 14 heavy (non-hydrogen) atoms. The van der Waals surface area contributed by atoms with Gasteiger partial charge >= 0.3 is 6.09 Å². The molecule has 0 aliphatic carbocycles. The summed E-state index contributed by atoms with van der Waals surface area (Å²) < 4.78 is 9.33. The van der Waals surface area contributed by atoms with Gasteiger partial charge in [-0.3, -0.25) is 5.32 Å². The fourth-order valence-electron chi connectivity index (χ4n) is 0.863. The van der Waals surface area contributed by atoms with Gasteiger partial charge in [0.15, 0.2) is 0 Å². The van der Waals surface area contributed by atoms with Gasteiger partial charge in [-0.1, -0.05) is 0 Å². The van der Waals surface area contributed by atoms with E-state index < -0.39 is 6.09 Å². The summed E-state index contributed by atoms with van der Waals surface area (Å²) in [6.07, 6.45) is -0.606. The number of aromatic nitrogens is 1. The van der Waals surface area contributed by atoms with Crippen LogP contribution in [0.2, 0.25) is 0 Å². The highest BCUT2D eigenvalue weighted by Gasteiger charge is 2.04. The molecule has 76 valence electrons. The van der Waals surface area contributed by atoms with E-state index in [2.05, 4.69) is 15.0 Å². The van der Waals surface area contributed by atoms with Crippen molar-refractivity contribution in [3.8, 4) is 5.75 Å². The van der Waals surface area contributed by atoms with Crippen LogP contribution in [-0.4, -0.2) is 25.3 Å². The van der Waals surface area contributed by atoms with Crippen LogP contribution in [0.25, 0.3) is 0 Å². The molecule has 1 aromatic heterocycles. The van der Waals surface area contributed by atoms with Gasteiger partial charge in [0.25, 0.3) is 0 Å². The number of rotatable bonds is 2. The summed E-state index contributed by atoms with van der Waals surface area (Å²) in [7, 11) is 2.76. The number of ether oxygens (including phenoxy) is 2. The predicted octanol–water partition coefficient (Wildman–Crippen LogP) is 0.851. The average molecular weight is 197 g/mol. The first-order valence-electron chi connectivity index (χ1n) is 3.82. The van der Waals surface area contributed by atoms with Crippen molar-refractivity contribution in [2.24, 2.45) is 0 Å². The number of carbonyl (C=O) groups is 1. The second-order valence-electron chi connectivity index (χ2n) is 2.43. The van der Waals surface area contributed by atoms with Gasteiger partial charge < -0.3 is 15.2 Å². The Bertz CT molecular complexity index is 341. The Labute approximate surface area is 81.0 Å². The number of carbonyl (C=O) groups excluding carboxylic acids is 1. The summed E-state index contributed by atoms with van der Waals surface area (Å²) >= 11 is 0. The van der Waals surface area contributed by atoms with Crippen LogP contribution in [0.3, 0.4) is 0 Å². The van der Waals surface area contributed by atoms with Crippen molar-refractivity contribution < 1.29 is 14.3 Å². The smallest absolute Gasteiger partial charge is 0.412 e. The predicted molar refractivity (Wildman–Crippen MR) is 51.2 cm³/mol. The van der Waals surface area contributed by atoms with E-state index in [0.717, 1.165) is 0 Å². The molecule has 0 radical (unpaired) electrons. The molecule has 0 fully saturated rings. The van der Waals surface area contributed by atoms with Crippen molar-refractivity contribution in [3.05, 3.63) is 12.1 Å². The fourth-order valence-corrected chi connectivity index (χ4v) is 0.863. The molecule has 1 aromatic rings. The van der Waals surface area contributed by atoms with Crippen LogP contribution in [0.15, 0.2) is 12.1 Å². The molecule has 0 bridgehead atoms. The number of nitrogens with zero attached hydrogens (tertiary/aromatic N) is 1. The summed E-state index contributed by atoms with van der Waals surface area (Å²) in [5.41, 5.74) is 5.47. The average Bonchev–Trinajstić information content (AvgIpc) is 2.16. The van der Waals surface area contributed by atoms with Gasteiger partial charge in [-0.05, 0) is 0 Å². The molecule has 0 aliphatic heterocycles. The number of anilines is 2. The zero-order valence-electron chi connectivity index (χ0n) is 7.90. The number of methoxy groups -OCH3 is 2. The summed E-state index contributed by atoms with van der Waals surface area (Å²) in [5.74, 6) is 1.06. The van der Waals surface area contributed by atoms with Gasteiger partial charge in [0.2, 0.25) is 0 Å². The van der Waals surface area contributed by atoms with E-state index in [0.29, 0.717) is 5.75 Å². The van der Waals surface area contributed by atoms with Gasteiger partial charge in [0.1, 0.15) is 17.4 Å². The third kappa shape index (κ3) is 2.51. The number of hydrogen-bond donors (Lipinski definition) is 2. The lowest BCUT2D eigenvalue weighted by Gasteiger charge is -2.06. The molecule has 1 heterocycles. The third-order valence-corrected chi connectivity index (χ3v) is 1.47. The second kappa shape index (κ2) is 4.31. The van der Waals surface area contributed by atoms with Crippen LogP contribution in [0, 0.1) is 0 Å². The molecule has 1 rings (SSSR count). The van der Waals surface area contributed by atoms with Gasteiger partial charge in [-0.2, -0.15) is 0 Å². The third-order valence-electron chi connectivity index (χ3n) is 1.47. The lowest BCUT2D eigenvalue weighted by Crippen LogP contribution is -2.12. The normalized spacial score (nSPS) is 9.29. The zero-order valence-corrected chi connectivity index (χ0v) is 7.90. The highest BCUT2D eigenvalue weighted by molar-refractivity contribution is 5.83. The molecule has 0 aromatic carbocycles. The van der Waals surface area contributed by atoms with E-state index in [9.17, 15) is 4.79 Å². The van der Waals surface area contributed by atoms with Crippen molar-refractivity contribution in [3.63, 3.8) is 0 Å². The maximum absolute atomic E-state index is 10.8. The molecule has 6 heteroatoms. The monoisotopic (exact) mass is 197 g/mol. The zero-order chi connectivity index (χ0) is 10.6. The van der Waals surface area contributed by atoms with E-state index in [1.54, 1.807) is 6.07 Å². The van der Waals surface area contributed by atoms with Crippen LogP contribution in [-0.2, 0) is 4.74 Å². The van der Waals surface area contributed by atoms with Crippen LogP contribution < -0.4 is 15.8 Å². The number of hydrogen-bond acceptors (Lipinski definition) is 5. The standard InChI is InChI=1S/C8H11N3O3/c1-13-5-3-6(9)10-7(4-5)11-8(12)14-2/h3-4H,1-2H3,(H3,9,10,11,12). The lowest BCUT2D eigenvalue weighted by molar-refractivity contribution is 0.187. The maximum Gasteiger partial charge on any atom is 0.412 e. The minimum absolute atomic E-state index is 0.260. The van der Waals surface area contributed by atoms with Crippen LogP contribution in [0.5, 0.6) is 5.75 Å². The van der Waals surface area contributed by atoms with Gasteiger partial charge in [0.05, 0.1) is 14.2 Å². The van der Waals surface area contributed by atoms with E-state index >= 15 is 0 Å². The summed E-state index contributed by atoms with van der Waals surface area (Å²) in [5, 5.41) is 2.37. The first-order valence-corrected chi connectivity index (χ1v) is 3.82. The first kappa shape index (κ1) is 10.1. The van der Waals surface area contributed by atoms with Crippen molar-refractivity contribution >= 4 is 17.7 Å². The van der Waals surface area contributed by atoms with Crippen LogP contribution in [0.4, 0.5) is 16.4 Å². The number of nitrogens with two attached hydrogens (primary N) is 1. The molecule has 0 spiro atoms. The molecule has 0 atom stereocenters. The molecule has 0 saturated heterocycles. The van der Waals surface area contributed by atoms with E-state index in [-0.39, 0.29) is 11.6 Å². The molecule has 3 N–H and O–H groups in total. The quantitative estimate of drug-likeness (QED) is 0.733. The Morgan fingerprint density at radius 1 is 1.50 bits per heavy atom. The van der Waals surface area contributed by atoms with Gasteiger partial charge in [-0.15, -0.1) is 0 Å². The number of pyridine rings is 1. The van der Waals surface area contributed by atoms with Crippen LogP contribution >= 0.6 is 0 Å². The van der Waals surface area contributed by atoms with Crippen LogP contribution in [0.1, 0.15) is 0 Å². The van der Waals surface area contributed by atoms with Crippen molar-refractivity contribution in [1.29, 1.82) is 0 Å². The Hall–Kier alpha value is -1.98. The second-order valence-corrected chi connectivity index (χ2v) is 2.43. The highest BCUT2D eigenvalue weighted by Crippen LogP contribution is 2.18. The maximum atomic E-state index is 10.8.